The molecule has 2 aromatic rings. The summed E-state index contributed by atoms with van der Waals surface area (Å²) in [6.07, 6.45) is 1.99. The van der Waals surface area contributed by atoms with Crippen LogP contribution in [0.3, 0.4) is 0 Å². The van der Waals surface area contributed by atoms with Crippen molar-refractivity contribution in [3.05, 3.63) is 59.7 Å². The largest absolute Gasteiger partial charge is 0.339 e. The Hall–Kier alpha value is -2.27. The van der Waals surface area contributed by atoms with Crippen LogP contribution >= 0.6 is 11.8 Å². The fourth-order valence-electron chi connectivity index (χ4n) is 3.54. The van der Waals surface area contributed by atoms with Crippen molar-refractivity contribution in [1.29, 1.82) is 0 Å². The minimum Gasteiger partial charge on any atom is -0.339 e. The Morgan fingerprint density at radius 3 is 2.60 bits per heavy atom. The monoisotopic (exact) mass is 352 g/mol. The van der Waals surface area contributed by atoms with E-state index in [-0.39, 0.29) is 11.8 Å². The van der Waals surface area contributed by atoms with E-state index in [1.165, 1.54) is 17.3 Å². The van der Waals surface area contributed by atoms with Gasteiger partial charge in [-0.3, -0.25) is 9.59 Å². The Labute approximate surface area is 151 Å². The molecule has 1 N–H and O–H groups in total. The van der Waals surface area contributed by atoms with E-state index in [2.05, 4.69) is 29.6 Å². The summed E-state index contributed by atoms with van der Waals surface area (Å²) in [6.45, 7) is 1.55. The summed E-state index contributed by atoms with van der Waals surface area (Å²) < 4.78 is 0. The van der Waals surface area contributed by atoms with Crippen LogP contribution in [-0.4, -0.2) is 35.6 Å². The maximum atomic E-state index is 12.8. The van der Waals surface area contributed by atoms with Gasteiger partial charge in [0.05, 0.1) is 11.4 Å². The molecule has 0 saturated carbocycles. The number of amides is 2. The van der Waals surface area contributed by atoms with Crippen molar-refractivity contribution in [1.82, 2.24) is 4.90 Å². The predicted molar refractivity (Wildman–Crippen MR) is 100 cm³/mol. The van der Waals surface area contributed by atoms with Crippen LogP contribution in [0, 0.1) is 0 Å². The number of benzene rings is 2. The molecule has 2 heterocycles. The second-order valence-electron chi connectivity index (χ2n) is 6.52. The molecule has 0 aromatic heterocycles. The third kappa shape index (κ3) is 3.42. The third-order valence-electron chi connectivity index (χ3n) is 4.91. The summed E-state index contributed by atoms with van der Waals surface area (Å²) >= 11 is 1.51. The van der Waals surface area contributed by atoms with E-state index in [0.717, 1.165) is 36.5 Å². The second-order valence-corrected chi connectivity index (χ2v) is 7.54. The first kappa shape index (κ1) is 16.2. The maximum absolute atomic E-state index is 12.8. The van der Waals surface area contributed by atoms with Crippen molar-refractivity contribution >= 4 is 29.3 Å². The van der Waals surface area contributed by atoms with E-state index in [4.69, 9.17) is 0 Å². The standard InChI is InChI=1S/C20H20N2O2S/c23-19-13-25-18-7-6-16(12-17(18)21-19)20(24)22-10-8-15(9-11-22)14-4-2-1-3-5-14/h1-7,12,15H,8-11,13H2,(H,21,23). The minimum atomic E-state index is -0.00854. The number of nitrogens with one attached hydrogen (secondary N) is 1. The Morgan fingerprint density at radius 2 is 1.84 bits per heavy atom. The number of likely N-dealkylation sites (tertiary alicyclic amines) is 1. The molecular formula is C20H20N2O2S. The molecule has 1 saturated heterocycles. The van der Waals surface area contributed by atoms with Crippen molar-refractivity contribution in [2.75, 3.05) is 24.2 Å². The zero-order valence-electron chi connectivity index (χ0n) is 13.9. The van der Waals surface area contributed by atoms with Crippen molar-refractivity contribution in [3.63, 3.8) is 0 Å². The molecular weight excluding hydrogens is 332 g/mol. The molecule has 0 atom stereocenters. The van der Waals surface area contributed by atoms with E-state index >= 15 is 0 Å². The van der Waals surface area contributed by atoms with Gasteiger partial charge in [0.15, 0.2) is 0 Å². The topological polar surface area (TPSA) is 49.4 Å². The lowest BCUT2D eigenvalue weighted by molar-refractivity contribution is -0.113. The molecule has 0 unspecified atom stereocenters. The number of fused-ring (bicyclic) bond motifs is 1. The molecule has 0 bridgehead atoms. The van der Waals surface area contributed by atoms with Crippen molar-refractivity contribution in [2.45, 2.75) is 23.7 Å². The highest BCUT2D eigenvalue weighted by atomic mass is 32.2. The fraction of sp³-hybridized carbons (Fsp3) is 0.300. The second kappa shape index (κ2) is 6.92. The summed E-state index contributed by atoms with van der Waals surface area (Å²) in [5.74, 6) is 1.02. The Morgan fingerprint density at radius 1 is 1.08 bits per heavy atom. The van der Waals surface area contributed by atoms with Crippen LogP contribution < -0.4 is 5.32 Å². The van der Waals surface area contributed by atoms with Crippen LogP contribution in [0.2, 0.25) is 0 Å². The van der Waals surface area contributed by atoms with Crippen LogP contribution in [0.25, 0.3) is 0 Å². The predicted octanol–water partition coefficient (Wildman–Crippen LogP) is 3.75. The smallest absolute Gasteiger partial charge is 0.253 e. The van der Waals surface area contributed by atoms with Gasteiger partial charge in [-0.15, -0.1) is 11.8 Å². The fourth-order valence-corrected chi connectivity index (χ4v) is 4.33. The number of hydrogen-bond donors (Lipinski definition) is 1. The summed E-state index contributed by atoms with van der Waals surface area (Å²) in [5.41, 5.74) is 2.77. The number of piperidine rings is 1. The molecule has 0 radical (unpaired) electrons. The lowest BCUT2D eigenvalue weighted by atomic mass is 9.89. The van der Waals surface area contributed by atoms with E-state index < -0.39 is 0 Å². The number of hydrogen-bond acceptors (Lipinski definition) is 3. The number of anilines is 1. The molecule has 25 heavy (non-hydrogen) atoms. The first-order valence-corrected chi connectivity index (χ1v) is 9.60. The van der Waals surface area contributed by atoms with Gasteiger partial charge in [-0.05, 0) is 42.5 Å². The van der Waals surface area contributed by atoms with Crippen LogP contribution in [-0.2, 0) is 4.79 Å². The molecule has 4 rings (SSSR count). The molecule has 5 heteroatoms. The van der Waals surface area contributed by atoms with Gasteiger partial charge in [-0.1, -0.05) is 30.3 Å². The number of rotatable bonds is 2. The highest BCUT2D eigenvalue weighted by Crippen LogP contribution is 2.33. The Kier molecular flexibility index (Phi) is 4.49. The van der Waals surface area contributed by atoms with Gasteiger partial charge in [-0.25, -0.2) is 0 Å². The van der Waals surface area contributed by atoms with Gasteiger partial charge in [0, 0.05) is 23.5 Å². The van der Waals surface area contributed by atoms with Gasteiger partial charge in [0.2, 0.25) is 5.91 Å². The maximum Gasteiger partial charge on any atom is 0.253 e. The molecule has 2 aromatic carbocycles. The minimum absolute atomic E-state index is 0.00854. The van der Waals surface area contributed by atoms with Gasteiger partial charge >= 0.3 is 0 Å². The first-order valence-electron chi connectivity index (χ1n) is 8.61. The highest BCUT2D eigenvalue weighted by Gasteiger charge is 2.25. The summed E-state index contributed by atoms with van der Waals surface area (Å²) in [5, 5.41) is 2.86. The Bertz CT molecular complexity index is 799. The SMILES string of the molecule is O=C1CSc2ccc(C(=O)N3CCC(c4ccccc4)CC3)cc2N1. The van der Waals surface area contributed by atoms with Gasteiger partial charge < -0.3 is 10.2 Å². The molecule has 2 aliphatic rings. The van der Waals surface area contributed by atoms with Crippen molar-refractivity contribution in [3.8, 4) is 0 Å². The average Bonchev–Trinajstić information content (AvgIpc) is 2.67. The lowest BCUT2D eigenvalue weighted by Crippen LogP contribution is -2.38. The average molecular weight is 352 g/mol. The van der Waals surface area contributed by atoms with Gasteiger partial charge in [-0.2, -0.15) is 0 Å². The zero-order chi connectivity index (χ0) is 17.2. The molecule has 0 spiro atoms. The quantitative estimate of drug-likeness (QED) is 0.895. The summed E-state index contributed by atoms with van der Waals surface area (Å²) in [4.78, 5) is 27.3. The van der Waals surface area contributed by atoms with Crippen LogP contribution in [0.5, 0.6) is 0 Å². The van der Waals surface area contributed by atoms with E-state index in [9.17, 15) is 9.59 Å². The lowest BCUT2D eigenvalue weighted by Gasteiger charge is -2.32. The summed E-state index contributed by atoms with van der Waals surface area (Å²) in [6, 6.07) is 16.1. The zero-order valence-corrected chi connectivity index (χ0v) is 14.7. The van der Waals surface area contributed by atoms with Crippen molar-refractivity contribution < 1.29 is 9.59 Å². The van der Waals surface area contributed by atoms with Crippen molar-refractivity contribution in [2.24, 2.45) is 0 Å². The highest BCUT2D eigenvalue weighted by molar-refractivity contribution is 8.00. The molecule has 4 nitrogen and oxygen atoms in total. The Balaban J connectivity index is 1.44. The van der Waals surface area contributed by atoms with E-state index in [0.29, 0.717) is 17.2 Å². The number of thioether (sulfide) groups is 1. The van der Waals surface area contributed by atoms with Crippen LogP contribution in [0.4, 0.5) is 5.69 Å². The van der Waals surface area contributed by atoms with E-state index in [1.807, 2.05) is 29.2 Å². The number of nitrogens with zero attached hydrogens (tertiary/aromatic N) is 1. The third-order valence-corrected chi connectivity index (χ3v) is 5.99. The van der Waals surface area contributed by atoms with Crippen LogP contribution in [0.1, 0.15) is 34.7 Å². The summed E-state index contributed by atoms with van der Waals surface area (Å²) in [7, 11) is 0. The first-order chi connectivity index (χ1) is 12.2. The molecule has 128 valence electrons. The molecule has 2 aliphatic heterocycles. The van der Waals surface area contributed by atoms with Gasteiger partial charge in [0.1, 0.15) is 0 Å². The molecule has 0 aliphatic carbocycles. The molecule has 2 amide bonds. The normalized spacial score (nSPS) is 17.8. The molecule has 1 fully saturated rings. The van der Waals surface area contributed by atoms with Gasteiger partial charge in [0.25, 0.3) is 5.91 Å². The van der Waals surface area contributed by atoms with Crippen LogP contribution in [0.15, 0.2) is 53.4 Å². The van der Waals surface area contributed by atoms with E-state index in [1.54, 1.807) is 0 Å². The number of carbonyl (C=O) groups is 2. The number of carbonyl (C=O) groups excluding carboxylic acids is 2.